The molecule has 2 aromatic heterocycles. The molecule has 0 aliphatic rings. The van der Waals surface area contributed by atoms with Crippen molar-refractivity contribution >= 4 is 15.9 Å². The number of rotatable bonds is 4. The van der Waals surface area contributed by atoms with E-state index in [1.54, 1.807) is 6.20 Å². The molecule has 1 unspecified atom stereocenters. The second-order valence-corrected chi connectivity index (χ2v) is 5.56. The summed E-state index contributed by atoms with van der Waals surface area (Å²) in [6, 6.07) is 3.98. The van der Waals surface area contributed by atoms with Crippen molar-refractivity contribution in [1.82, 2.24) is 10.4 Å². The lowest BCUT2D eigenvalue weighted by Crippen LogP contribution is -2.30. The number of aryl methyl sites for hydroxylation is 2. The lowest BCUT2D eigenvalue weighted by Gasteiger charge is -2.16. The summed E-state index contributed by atoms with van der Waals surface area (Å²) in [5.41, 5.74) is 6.13. The van der Waals surface area contributed by atoms with Crippen molar-refractivity contribution in [2.75, 3.05) is 0 Å². The minimum Gasteiger partial charge on any atom is -0.466 e. The molecule has 0 aromatic carbocycles. The average Bonchev–Trinajstić information content (AvgIpc) is 2.63. The van der Waals surface area contributed by atoms with Gasteiger partial charge in [-0.1, -0.05) is 0 Å². The van der Waals surface area contributed by atoms with E-state index < -0.39 is 0 Å². The quantitative estimate of drug-likeness (QED) is 0.670. The molecule has 0 spiro atoms. The Morgan fingerprint density at radius 3 is 2.53 bits per heavy atom. The molecule has 1 atom stereocenters. The number of hydrogen-bond acceptors (Lipinski definition) is 4. The molecule has 0 radical (unpaired) electrons. The van der Waals surface area contributed by atoms with Crippen LogP contribution in [0.15, 0.2) is 27.2 Å². The molecule has 2 heterocycles. The van der Waals surface area contributed by atoms with E-state index in [-0.39, 0.29) is 6.04 Å². The first kappa shape index (κ1) is 14.2. The highest BCUT2D eigenvalue weighted by Gasteiger charge is 2.20. The summed E-state index contributed by atoms with van der Waals surface area (Å²) in [5.74, 6) is 7.55. The van der Waals surface area contributed by atoms with Gasteiger partial charge in [-0.2, -0.15) is 0 Å². The molecule has 0 aliphatic heterocycles. The number of furan rings is 1. The van der Waals surface area contributed by atoms with Gasteiger partial charge in [-0.3, -0.25) is 16.3 Å². The number of hydrogen-bond donors (Lipinski definition) is 2. The summed E-state index contributed by atoms with van der Waals surface area (Å²) < 4.78 is 6.63. The summed E-state index contributed by atoms with van der Waals surface area (Å²) in [6.45, 7) is 5.99. The largest absolute Gasteiger partial charge is 0.466 e. The van der Waals surface area contributed by atoms with Gasteiger partial charge in [-0.05, 0) is 54.4 Å². The maximum Gasteiger partial charge on any atom is 0.106 e. The van der Waals surface area contributed by atoms with Gasteiger partial charge in [-0.25, -0.2) is 0 Å². The van der Waals surface area contributed by atoms with Crippen LogP contribution in [0.3, 0.4) is 0 Å². The Bertz CT molecular complexity index is 563. The van der Waals surface area contributed by atoms with E-state index in [9.17, 15) is 0 Å². The fraction of sp³-hybridized carbons (Fsp3) is 0.357. The van der Waals surface area contributed by atoms with Crippen LogP contribution in [0.5, 0.6) is 0 Å². The number of aromatic nitrogens is 1. The van der Waals surface area contributed by atoms with Gasteiger partial charge < -0.3 is 4.42 Å². The highest BCUT2D eigenvalue weighted by molar-refractivity contribution is 9.10. The van der Waals surface area contributed by atoms with Crippen LogP contribution in [-0.4, -0.2) is 4.98 Å². The predicted molar refractivity (Wildman–Crippen MR) is 78.6 cm³/mol. The van der Waals surface area contributed by atoms with Crippen LogP contribution in [-0.2, 0) is 6.42 Å². The maximum atomic E-state index is 5.70. The van der Waals surface area contributed by atoms with Crippen molar-refractivity contribution in [1.29, 1.82) is 0 Å². The molecule has 0 fully saturated rings. The lowest BCUT2D eigenvalue weighted by atomic mass is 9.98. The van der Waals surface area contributed by atoms with Crippen LogP contribution >= 0.6 is 15.9 Å². The van der Waals surface area contributed by atoms with E-state index in [1.807, 2.05) is 26.0 Å². The number of nitrogens with one attached hydrogen (secondary N) is 1. The zero-order valence-electron chi connectivity index (χ0n) is 11.3. The molecule has 4 nitrogen and oxygen atoms in total. The molecular formula is C14H18BrN3O. The molecule has 0 saturated heterocycles. The minimum atomic E-state index is 0.00567. The monoisotopic (exact) mass is 323 g/mol. The Morgan fingerprint density at radius 1 is 1.32 bits per heavy atom. The molecule has 0 saturated carbocycles. The maximum absolute atomic E-state index is 5.70. The first-order valence-corrected chi connectivity index (χ1v) is 6.95. The van der Waals surface area contributed by atoms with Gasteiger partial charge in [0.15, 0.2) is 0 Å². The zero-order valence-corrected chi connectivity index (χ0v) is 12.9. The predicted octanol–water partition coefficient (Wildman–Crippen LogP) is 3.11. The van der Waals surface area contributed by atoms with Crippen LogP contribution in [0, 0.1) is 20.8 Å². The fourth-order valence-electron chi connectivity index (χ4n) is 2.30. The van der Waals surface area contributed by atoms with Crippen molar-refractivity contribution in [3.05, 3.63) is 51.1 Å². The third-order valence-electron chi connectivity index (χ3n) is 3.37. The summed E-state index contributed by atoms with van der Waals surface area (Å²) >= 11 is 3.38. The molecule has 0 bridgehead atoms. The van der Waals surface area contributed by atoms with Crippen LogP contribution in [0.2, 0.25) is 0 Å². The van der Waals surface area contributed by atoms with E-state index in [1.165, 1.54) is 0 Å². The summed E-state index contributed by atoms with van der Waals surface area (Å²) in [7, 11) is 0. The minimum absolute atomic E-state index is 0.00567. The fourth-order valence-corrected chi connectivity index (χ4v) is 2.54. The Morgan fingerprint density at radius 2 is 2.05 bits per heavy atom. The van der Waals surface area contributed by atoms with E-state index in [0.29, 0.717) is 0 Å². The Labute approximate surface area is 121 Å². The van der Waals surface area contributed by atoms with Gasteiger partial charge in [0.25, 0.3) is 0 Å². The lowest BCUT2D eigenvalue weighted by molar-refractivity contribution is 0.483. The normalized spacial score (nSPS) is 12.7. The van der Waals surface area contributed by atoms with Crippen LogP contribution in [0.25, 0.3) is 0 Å². The van der Waals surface area contributed by atoms with Crippen molar-refractivity contribution in [3.63, 3.8) is 0 Å². The standard InChI is InChI=1S/C14H18BrN3O/c1-8-9(2)19-10(3)14(8)13(18-16)6-12-5-4-11(15)7-17-12/h4-5,7,13,18H,6,16H2,1-3H3. The van der Waals surface area contributed by atoms with E-state index in [4.69, 9.17) is 10.3 Å². The number of halogens is 1. The third kappa shape index (κ3) is 3.05. The average molecular weight is 324 g/mol. The topological polar surface area (TPSA) is 64.1 Å². The van der Waals surface area contributed by atoms with Gasteiger partial charge in [0, 0.05) is 28.3 Å². The smallest absolute Gasteiger partial charge is 0.106 e. The van der Waals surface area contributed by atoms with Crippen LogP contribution in [0.4, 0.5) is 0 Å². The summed E-state index contributed by atoms with van der Waals surface area (Å²) in [6.07, 6.45) is 2.52. The third-order valence-corrected chi connectivity index (χ3v) is 3.84. The van der Waals surface area contributed by atoms with Crippen molar-refractivity contribution < 1.29 is 4.42 Å². The van der Waals surface area contributed by atoms with E-state index in [0.717, 1.165) is 39.2 Å². The molecular weight excluding hydrogens is 306 g/mol. The SMILES string of the molecule is Cc1oc(C)c(C(Cc2ccc(Br)cn2)NN)c1C. The number of nitrogens with two attached hydrogens (primary N) is 1. The highest BCUT2D eigenvalue weighted by Crippen LogP contribution is 2.28. The number of nitrogens with zero attached hydrogens (tertiary/aromatic N) is 1. The molecule has 5 heteroatoms. The van der Waals surface area contributed by atoms with Gasteiger partial charge in [0.1, 0.15) is 11.5 Å². The van der Waals surface area contributed by atoms with Gasteiger partial charge in [0.05, 0.1) is 6.04 Å². The second-order valence-electron chi connectivity index (χ2n) is 4.64. The molecule has 2 aromatic rings. The van der Waals surface area contributed by atoms with Crippen LogP contribution < -0.4 is 11.3 Å². The van der Waals surface area contributed by atoms with Crippen molar-refractivity contribution in [3.8, 4) is 0 Å². The Hall–Kier alpha value is -1.17. The molecule has 2 rings (SSSR count). The second kappa shape index (κ2) is 5.86. The first-order valence-electron chi connectivity index (χ1n) is 6.16. The molecule has 3 N–H and O–H groups in total. The number of pyridine rings is 1. The van der Waals surface area contributed by atoms with E-state index >= 15 is 0 Å². The van der Waals surface area contributed by atoms with Gasteiger partial charge >= 0.3 is 0 Å². The Balaban J connectivity index is 2.27. The molecule has 0 aliphatic carbocycles. The van der Waals surface area contributed by atoms with Crippen molar-refractivity contribution in [2.45, 2.75) is 33.2 Å². The van der Waals surface area contributed by atoms with Crippen LogP contribution in [0.1, 0.15) is 34.4 Å². The Kier molecular flexibility index (Phi) is 4.39. The molecule has 19 heavy (non-hydrogen) atoms. The first-order chi connectivity index (χ1) is 9.02. The summed E-state index contributed by atoms with van der Waals surface area (Å²) in [4.78, 5) is 4.38. The molecule has 102 valence electrons. The van der Waals surface area contributed by atoms with Gasteiger partial charge in [0.2, 0.25) is 0 Å². The summed E-state index contributed by atoms with van der Waals surface area (Å²) in [5, 5.41) is 0. The highest BCUT2D eigenvalue weighted by atomic mass is 79.9. The van der Waals surface area contributed by atoms with Crippen molar-refractivity contribution in [2.24, 2.45) is 5.84 Å². The number of hydrazine groups is 1. The van der Waals surface area contributed by atoms with Gasteiger partial charge in [-0.15, -0.1) is 0 Å². The molecule has 0 amide bonds. The van der Waals surface area contributed by atoms with E-state index in [2.05, 4.69) is 33.3 Å². The zero-order chi connectivity index (χ0) is 14.0.